The zero-order chi connectivity index (χ0) is 15.1. The Morgan fingerprint density at radius 2 is 1.90 bits per heavy atom. The number of aliphatic hydroxyl groups is 1. The third kappa shape index (κ3) is 4.81. The lowest BCUT2D eigenvalue weighted by Gasteiger charge is -2.14. The van der Waals surface area contributed by atoms with Crippen LogP contribution in [0.15, 0.2) is 54.6 Å². The first-order valence-electron chi connectivity index (χ1n) is 6.58. The second kappa shape index (κ2) is 7.31. The van der Waals surface area contributed by atoms with Crippen LogP contribution in [0.25, 0.3) is 0 Å². The molecule has 2 aromatic carbocycles. The lowest BCUT2D eigenvalue weighted by atomic mass is 10.2. The Balaban J connectivity index is 1.80. The van der Waals surface area contributed by atoms with E-state index < -0.39 is 12.1 Å². The second-order valence-corrected chi connectivity index (χ2v) is 4.54. The number of carboxylic acid groups (broad SMARTS) is 1. The van der Waals surface area contributed by atoms with E-state index in [9.17, 15) is 9.90 Å². The lowest BCUT2D eigenvalue weighted by Crippen LogP contribution is -2.26. The van der Waals surface area contributed by atoms with Gasteiger partial charge < -0.3 is 20.3 Å². The minimum Gasteiger partial charge on any atom is -0.491 e. The summed E-state index contributed by atoms with van der Waals surface area (Å²) in [6.07, 6.45) is -0.696. The van der Waals surface area contributed by atoms with Crippen molar-refractivity contribution in [2.45, 2.75) is 6.10 Å². The first-order valence-corrected chi connectivity index (χ1v) is 6.58. The average molecular weight is 287 g/mol. The molecule has 0 aromatic heterocycles. The maximum absolute atomic E-state index is 10.9. The molecule has 0 aliphatic rings. The molecule has 21 heavy (non-hydrogen) atoms. The van der Waals surface area contributed by atoms with Crippen LogP contribution in [0.2, 0.25) is 0 Å². The fourth-order valence-electron chi connectivity index (χ4n) is 1.77. The number of nitrogens with one attached hydrogen (secondary N) is 1. The van der Waals surface area contributed by atoms with Crippen LogP contribution >= 0.6 is 0 Å². The molecule has 2 rings (SSSR count). The summed E-state index contributed by atoms with van der Waals surface area (Å²) < 4.78 is 5.43. The largest absolute Gasteiger partial charge is 0.491 e. The fourth-order valence-corrected chi connectivity index (χ4v) is 1.77. The van der Waals surface area contributed by atoms with Gasteiger partial charge in [-0.15, -0.1) is 0 Å². The van der Waals surface area contributed by atoms with Crippen molar-refractivity contribution in [3.63, 3.8) is 0 Å². The van der Waals surface area contributed by atoms with Gasteiger partial charge in [-0.2, -0.15) is 0 Å². The monoisotopic (exact) mass is 287 g/mol. The molecule has 0 spiro atoms. The molecule has 1 atom stereocenters. The van der Waals surface area contributed by atoms with E-state index in [-0.39, 0.29) is 18.7 Å². The van der Waals surface area contributed by atoms with Crippen molar-refractivity contribution in [3.8, 4) is 5.75 Å². The van der Waals surface area contributed by atoms with Crippen LogP contribution < -0.4 is 10.1 Å². The highest BCUT2D eigenvalue weighted by Crippen LogP contribution is 2.11. The molecule has 0 saturated heterocycles. The number of rotatable bonds is 7. The van der Waals surface area contributed by atoms with Gasteiger partial charge in [-0.05, 0) is 30.3 Å². The number of ether oxygens (including phenoxy) is 1. The van der Waals surface area contributed by atoms with Crippen molar-refractivity contribution in [2.24, 2.45) is 0 Å². The number of para-hydroxylation sites is 1. The highest BCUT2D eigenvalue weighted by Gasteiger charge is 2.07. The fraction of sp³-hybridized carbons (Fsp3) is 0.188. The minimum atomic E-state index is -0.980. The van der Waals surface area contributed by atoms with Gasteiger partial charge in [0.05, 0.1) is 5.56 Å². The molecule has 0 saturated carbocycles. The van der Waals surface area contributed by atoms with Crippen LogP contribution in [0.4, 0.5) is 5.69 Å². The van der Waals surface area contributed by atoms with E-state index in [0.717, 1.165) is 0 Å². The Morgan fingerprint density at radius 3 is 2.62 bits per heavy atom. The minimum absolute atomic E-state index is 0.162. The zero-order valence-electron chi connectivity index (χ0n) is 11.4. The number of aromatic carboxylic acids is 1. The van der Waals surface area contributed by atoms with Crippen molar-refractivity contribution >= 4 is 11.7 Å². The quantitative estimate of drug-likeness (QED) is 0.728. The van der Waals surface area contributed by atoms with E-state index >= 15 is 0 Å². The summed E-state index contributed by atoms with van der Waals surface area (Å²) in [7, 11) is 0. The molecule has 0 fully saturated rings. The highest BCUT2D eigenvalue weighted by atomic mass is 16.5. The summed E-state index contributed by atoms with van der Waals surface area (Å²) >= 11 is 0. The third-order valence-electron chi connectivity index (χ3n) is 2.84. The maximum atomic E-state index is 10.9. The van der Waals surface area contributed by atoms with Crippen LogP contribution in [0.5, 0.6) is 5.75 Å². The van der Waals surface area contributed by atoms with Gasteiger partial charge >= 0.3 is 5.97 Å². The van der Waals surface area contributed by atoms with E-state index in [1.165, 1.54) is 12.1 Å². The standard InChI is InChI=1S/C16H17NO4/c18-14(11-21-15-7-2-1-3-8-15)10-17-13-6-4-5-12(9-13)16(19)20/h1-9,14,17-18H,10-11H2,(H,19,20). The summed E-state index contributed by atoms with van der Waals surface area (Å²) in [5, 5.41) is 21.7. The predicted molar refractivity (Wildman–Crippen MR) is 79.8 cm³/mol. The van der Waals surface area contributed by atoms with Crippen LogP contribution in [0.3, 0.4) is 0 Å². The maximum Gasteiger partial charge on any atom is 0.335 e. The molecule has 110 valence electrons. The summed E-state index contributed by atoms with van der Waals surface area (Å²) in [6.45, 7) is 0.436. The van der Waals surface area contributed by atoms with E-state index in [2.05, 4.69) is 5.32 Å². The number of benzene rings is 2. The van der Waals surface area contributed by atoms with Crippen molar-refractivity contribution in [3.05, 3.63) is 60.2 Å². The average Bonchev–Trinajstić information content (AvgIpc) is 2.52. The van der Waals surface area contributed by atoms with Crippen molar-refractivity contribution in [1.29, 1.82) is 0 Å². The molecule has 0 radical (unpaired) electrons. The highest BCUT2D eigenvalue weighted by molar-refractivity contribution is 5.88. The van der Waals surface area contributed by atoms with Crippen LogP contribution in [-0.2, 0) is 0 Å². The van der Waals surface area contributed by atoms with Gasteiger partial charge in [-0.3, -0.25) is 0 Å². The van der Waals surface area contributed by atoms with Gasteiger partial charge in [0.1, 0.15) is 18.5 Å². The Kier molecular flexibility index (Phi) is 5.17. The molecule has 0 aliphatic carbocycles. The van der Waals surface area contributed by atoms with Gasteiger partial charge in [0, 0.05) is 12.2 Å². The van der Waals surface area contributed by atoms with Crippen LogP contribution in [-0.4, -0.2) is 35.4 Å². The Bertz CT molecular complexity index is 586. The summed E-state index contributed by atoms with van der Waals surface area (Å²) in [4.78, 5) is 10.9. The smallest absolute Gasteiger partial charge is 0.335 e. The van der Waals surface area contributed by atoms with Crippen LogP contribution in [0.1, 0.15) is 10.4 Å². The first-order chi connectivity index (χ1) is 10.1. The number of anilines is 1. The van der Waals surface area contributed by atoms with Gasteiger partial charge in [-0.1, -0.05) is 24.3 Å². The normalized spacial score (nSPS) is 11.7. The van der Waals surface area contributed by atoms with Gasteiger partial charge in [-0.25, -0.2) is 4.79 Å². The molecule has 0 amide bonds. The molecular weight excluding hydrogens is 270 g/mol. The molecule has 0 heterocycles. The van der Waals surface area contributed by atoms with Crippen molar-refractivity contribution in [2.75, 3.05) is 18.5 Å². The SMILES string of the molecule is O=C(O)c1cccc(NCC(O)COc2ccccc2)c1. The molecule has 0 aliphatic heterocycles. The van der Waals surface area contributed by atoms with E-state index in [1.807, 2.05) is 30.3 Å². The summed E-state index contributed by atoms with van der Waals surface area (Å²) in [5.41, 5.74) is 0.851. The summed E-state index contributed by atoms with van der Waals surface area (Å²) in [5.74, 6) is -0.281. The van der Waals surface area contributed by atoms with Crippen molar-refractivity contribution in [1.82, 2.24) is 0 Å². The Hall–Kier alpha value is -2.53. The number of hydrogen-bond donors (Lipinski definition) is 3. The number of carboxylic acids is 1. The topological polar surface area (TPSA) is 78.8 Å². The van der Waals surface area contributed by atoms with Crippen LogP contribution in [0, 0.1) is 0 Å². The third-order valence-corrected chi connectivity index (χ3v) is 2.84. The molecule has 1 unspecified atom stereocenters. The molecular formula is C16H17NO4. The van der Waals surface area contributed by atoms with Gasteiger partial charge in [0.15, 0.2) is 0 Å². The van der Waals surface area contributed by atoms with Crippen molar-refractivity contribution < 1.29 is 19.7 Å². The second-order valence-electron chi connectivity index (χ2n) is 4.54. The first kappa shape index (κ1) is 14.9. The van der Waals surface area contributed by atoms with E-state index in [4.69, 9.17) is 9.84 Å². The van der Waals surface area contributed by atoms with E-state index in [0.29, 0.717) is 11.4 Å². The lowest BCUT2D eigenvalue weighted by molar-refractivity contribution is 0.0697. The molecule has 0 bridgehead atoms. The van der Waals surface area contributed by atoms with Gasteiger partial charge in [0.25, 0.3) is 0 Å². The van der Waals surface area contributed by atoms with Gasteiger partial charge in [0.2, 0.25) is 0 Å². The number of aliphatic hydroxyl groups excluding tert-OH is 1. The zero-order valence-corrected chi connectivity index (χ0v) is 11.4. The predicted octanol–water partition coefficient (Wildman–Crippen LogP) is 2.24. The number of hydrogen-bond acceptors (Lipinski definition) is 4. The Morgan fingerprint density at radius 1 is 1.14 bits per heavy atom. The number of carbonyl (C=O) groups is 1. The molecule has 3 N–H and O–H groups in total. The molecule has 2 aromatic rings. The molecule has 5 heteroatoms. The Labute approximate surface area is 122 Å². The summed E-state index contributed by atoms with van der Waals surface area (Å²) in [6, 6.07) is 15.7. The van der Waals surface area contributed by atoms with E-state index in [1.54, 1.807) is 12.1 Å². The molecule has 5 nitrogen and oxygen atoms in total.